The van der Waals surface area contributed by atoms with Crippen molar-refractivity contribution < 1.29 is 14.2 Å². The molecule has 0 fully saturated rings. The van der Waals surface area contributed by atoms with Gasteiger partial charge in [0.25, 0.3) is 0 Å². The number of aryl methyl sites for hydroxylation is 1. The normalized spacial score (nSPS) is 13.5. The number of fused-ring (bicyclic) bond motifs is 2. The molecule has 0 bridgehead atoms. The molecule has 6 heteroatoms. The van der Waals surface area contributed by atoms with Gasteiger partial charge in [-0.3, -0.25) is 0 Å². The molecule has 1 aromatic heterocycles. The lowest BCUT2D eigenvalue weighted by atomic mass is 10.1. The van der Waals surface area contributed by atoms with Crippen LogP contribution in [0.5, 0.6) is 17.2 Å². The van der Waals surface area contributed by atoms with E-state index in [0.29, 0.717) is 41.9 Å². The summed E-state index contributed by atoms with van der Waals surface area (Å²) in [5.41, 5.74) is 3.08. The number of benzene rings is 2. The van der Waals surface area contributed by atoms with Gasteiger partial charge in [-0.25, -0.2) is 4.98 Å². The first-order valence-electron chi connectivity index (χ1n) is 8.22. The van der Waals surface area contributed by atoms with Gasteiger partial charge in [-0.2, -0.15) is 5.26 Å². The molecule has 2 aromatic carbocycles. The molecule has 0 N–H and O–H groups in total. The number of hydrogen-bond donors (Lipinski definition) is 0. The van der Waals surface area contributed by atoms with Gasteiger partial charge in [-0.15, -0.1) is 0 Å². The minimum Gasteiger partial charge on any atom is -0.493 e. The predicted molar refractivity (Wildman–Crippen MR) is 98.2 cm³/mol. The second kappa shape index (κ2) is 6.45. The highest BCUT2D eigenvalue weighted by molar-refractivity contribution is 5.91. The van der Waals surface area contributed by atoms with Gasteiger partial charge in [0.15, 0.2) is 17.3 Å². The molecule has 1 aliphatic rings. The highest BCUT2D eigenvalue weighted by atomic mass is 16.6. The fourth-order valence-electron chi connectivity index (χ4n) is 3.08. The zero-order valence-corrected chi connectivity index (χ0v) is 14.5. The summed E-state index contributed by atoms with van der Waals surface area (Å²) in [5, 5.41) is 9.70. The number of rotatable bonds is 3. The Morgan fingerprint density at radius 1 is 1.27 bits per heavy atom. The number of nitriles is 1. The SMILES string of the molecule is COc1cc(/C=C(\C#N)c2nc3ccccc3n2C)cc2c1OCCO2. The largest absolute Gasteiger partial charge is 0.493 e. The van der Waals surface area contributed by atoms with E-state index in [-0.39, 0.29) is 0 Å². The predicted octanol–water partition coefficient (Wildman–Crippen LogP) is 3.42. The number of nitrogens with zero attached hydrogens (tertiary/aromatic N) is 3. The zero-order valence-electron chi connectivity index (χ0n) is 14.5. The maximum Gasteiger partial charge on any atom is 0.203 e. The van der Waals surface area contributed by atoms with E-state index in [0.717, 1.165) is 16.6 Å². The zero-order chi connectivity index (χ0) is 18.1. The van der Waals surface area contributed by atoms with Crippen molar-refractivity contribution >= 4 is 22.7 Å². The van der Waals surface area contributed by atoms with Crippen LogP contribution in [0.25, 0.3) is 22.7 Å². The van der Waals surface area contributed by atoms with Crippen molar-refractivity contribution in [1.29, 1.82) is 5.26 Å². The number of methoxy groups -OCH3 is 1. The first kappa shape index (κ1) is 16.0. The van der Waals surface area contributed by atoms with Crippen LogP contribution in [0.15, 0.2) is 36.4 Å². The Morgan fingerprint density at radius 3 is 2.85 bits per heavy atom. The third kappa shape index (κ3) is 2.64. The van der Waals surface area contributed by atoms with Crippen LogP contribution in [0.3, 0.4) is 0 Å². The van der Waals surface area contributed by atoms with Gasteiger partial charge in [0, 0.05) is 7.05 Å². The number of ether oxygens (including phenoxy) is 3. The molecule has 0 atom stereocenters. The first-order chi connectivity index (χ1) is 12.7. The van der Waals surface area contributed by atoms with Gasteiger partial charge in [0.05, 0.1) is 23.7 Å². The van der Waals surface area contributed by atoms with Crippen molar-refractivity contribution in [2.45, 2.75) is 0 Å². The lowest BCUT2D eigenvalue weighted by Gasteiger charge is -2.21. The van der Waals surface area contributed by atoms with E-state index in [1.807, 2.05) is 48.0 Å². The standard InChI is InChI=1S/C20H17N3O3/c1-23-16-6-4-3-5-15(16)22-20(23)14(12-21)9-13-10-17(24-2)19-18(11-13)25-7-8-26-19/h3-6,9-11H,7-8H2,1-2H3/b14-9+. The monoisotopic (exact) mass is 347 g/mol. The number of allylic oxidation sites excluding steroid dienone is 1. The molecule has 0 aliphatic carbocycles. The second-order valence-electron chi connectivity index (χ2n) is 5.90. The van der Waals surface area contributed by atoms with Crippen molar-refractivity contribution in [3.05, 3.63) is 47.8 Å². The van der Waals surface area contributed by atoms with Crippen LogP contribution < -0.4 is 14.2 Å². The summed E-state index contributed by atoms with van der Waals surface area (Å²) in [6, 6.07) is 13.7. The van der Waals surface area contributed by atoms with Crippen molar-refractivity contribution in [2.24, 2.45) is 7.05 Å². The van der Waals surface area contributed by atoms with Crippen LogP contribution in [0, 0.1) is 11.3 Å². The molecule has 26 heavy (non-hydrogen) atoms. The molecule has 0 unspecified atom stereocenters. The van der Waals surface area contributed by atoms with Crippen LogP contribution >= 0.6 is 0 Å². The maximum absolute atomic E-state index is 9.70. The van der Waals surface area contributed by atoms with Crippen molar-refractivity contribution in [1.82, 2.24) is 9.55 Å². The first-order valence-corrected chi connectivity index (χ1v) is 8.22. The molecule has 6 nitrogen and oxygen atoms in total. The van der Waals surface area contributed by atoms with E-state index in [1.165, 1.54) is 0 Å². The van der Waals surface area contributed by atoms with E-state index in [2.05, 4.69) is 11.1 Å². The van der Waals surface area contributed by atoms with E-state index in [1.54, 1.807) is 13.2 Å². The lowest BCUT2D eigenvalue weighted by molar-refractivity contribution is 0.165. The second-order valence-corrected chi connectivity index (χ2v) is 5.90. The minimum absolute atomic E-state index is 0.461. The Bertz CT molecular complexity index is 1040. The number of para-hydroxylation sites is 2. The molecular weight excluding hydrogens is 330 g/mol. The molecule has 4 rings (SSSR count). The van der Waals surface area contributed by atoms with E-state index < -0.39 is 0 Å². The summed E-state index contributed by atoms with van der Waals surface area (Å²) >= 11 is 0. The third-order valence-electron chi connectivity index (χ3n) is 4.31. The average Bonchev–Trinajstić information content (AvgIpc) is 3.02. The molecule has 3 aromatic rings. The Balaban J connectivity index is 1.83. The molecule has 0 saturated heterocycles. The highest BCUT2D eigenvalue weighted by Crippen LogP contribution is 2.41. The smallest absolute Gasteiger partial charge is 0.203 e. The van der Waals surface area contributed by atoms with E-state index >= 15 is 0 Å². The van der Waals surface area contributed by atoms with Crippen LogP contribution in [0.2, 0.25) is 0 Å². The molecule has 0 radical (unpaired) electrons. The Hall–Kier alpha value is -3.46. The van der Waals surface area contributed by atoms with Gasteiger partial charge < -0.3 is 18.8 Å². The Morgan fingerprint density at radius 2 is 2.08 bits per heavy atom. The van der Waals surface area contributed by atoms with Crippen LogP contribution in [0.1, 0.15) is 11.4 Å². The van der Waals surface area contributed by atoms with Crippen LogP contribution in [0.4, 0.5) is 0 Å². The van der Waals surface area contributed by atoms with Gasteiger partial charge in [-0.1, -0.05) is 12.1 Å². The molecular formula is C20H17N3O3. The van der Waals surface area contributed by atoms with E-state index in [4.69, 9.17) is 14.2 Å². The third-order valence-corrected chi connectivity index (χ3v) is 4.31. The van der Waals surface area contributed by atoms with Gasteiger partial charge >= 0.3 is 0 Å². The molecule has 2 heterocycles. The minimum atomic E-state index is 0.461. The van der Waals surface area contributed by atoms with E-state index in [9.17, 15) is 5.26 Å². The molecule has 130 valence electrons. The van der Waals surface area contributed by atoms with Gasteiger partial charge in [-0.05, 0) is 35.9 Å². The van der Waals surface area contributed by atoms with Crippen molar-refractivity contribution in [3.8, 4) is 23.3 Å². The molecule has 1 aliphatic heterocycles. The number of imidazole rings is 1. The summed E-state index contributed by atoms with van der Waals surface area (Å²) in [5.74, 6) is 2.40. The van der Waals surface area contributed by atoms with Crippen molar-refractivity contribution in [2.75, 3.05) is 20.3 Å². The Labute approximate surface area is 150 Å². The lowest BCUT2D eigenvalue weighted by Crippen LogP contribution is -2.16. The number of aromatic nitrogens is 2. The number of hydrogen-bond acceptors (Lipinski definition) is 5. The summed E-state index contributed by atoms with van der Waals surface area (Å²) in [7, 11) is 3.48. The topological polar surface area (TPSA) is 69.3 Å². The fraction of sp³-hybridized carbons (Fsp3) is 0.200. The van der Waals surface area contributed by atoms with Crippen LogP contribution in [-0.2, 0) is 7.05 Å². The summed E-state index contributed by atoms with van der Waals surface area (Å²) in [4.78, 5) is 4.59. The summed E-state index contributed by atoms with van der Waals surface area (Å²) in [6.45, 7) is 0.973. The van der Waals surface area contributed by atoms with Gasteiger partial charge in [0.2, 0.25) is 5.75 Å². The molecule has 0 amide bonds. The highest BCUT2D eigenvalue weighted by Gasteiger charge is 2.19. The average molecular weight is 347 g/mol. The maximum atomic E-state index is 9.70. The van der Waals surface area contributed by atoms with Crippen LogP contribution in [-0.4, -0.2) is 29.9 Å². The Kier molecular flexibility index (Phi) is 3.98. The van der Waals surface area contributed by atoms with Crippen molar-refractivity contribution in [3.63, 3.8) is 0 Å². The summed E-state index contributed by atoms with van der Waals surface area (Å²) in [6.07, 6.45) is 1.78. The molecule has 0 spiro atoms. The van der Waals surface area contributed by atoms with Gasteiger partial charge in [0.1, 0.15) is 19.3 Å². The quantitative estimate of drug-likeness (QED) is 0.679. The summed E-state index contributed by atoms with van der Waals surface area (Å²) < 4.78 is 18.6. The fourth-order valence-corrected chi connectivity index (χ4v) is 3.08. The molecule has 0 saturated carbocycles.